The third-order valence-corrected chi connectivity index (χ3v) is 4.42. The van der Waals surface area contributed by atoms with Crippen molar-refractivity contribution in [3.63, 3.8) is 0 Å². The van der Waals surface area contributed by atoms with Crippen molar-refractivity contribution in [2.75, 3.05) is 31.1 Å². The molecule has 1 fully saturated rings. The SMILES string of the molecule is O=C(/C=C/c1ccc(Cl)cc1)N1CCN(c2ccc([N+](=O)[O-])nc2)CC1. The van der Waals surface area contributed by atoms with Gasteiger partial charge in [0.15, 0.2) is 6.20 Å². The van der Waals surface area contributed by atoms with Crippen LogP contribution in [-0.2, 0) is 4.79 Å². The number of carbonyl (C=O) groups excluding carboxylic acids is 1. The number of nitrogens with zero attached hydrogens (tertiary/aromatic N) is 4. The molecule has 1 aromatic carbocycles. The Hall–Kier alpha value is -2.93. The summed E-state index contributed by atoms with van der Waals surface area (Å²) in [7, 11) is 0. The summed E-state index contributed by atoms with van der Waals surface area (Å²) in [5.41, 5.74) is 1.73. The monoisotopic (exact) mass is 372 g/mol. The number of hydrogen-bond acceptors (Lipinski definition) is 5. The number of nitro groups is 1. The Morgan fingerprint density at radius 3 is 2.38 bits per heavy atom. The van der Waals surface area contributed by atoms with Crippen LogP contribution in [0, 0.1) is 10.1 Å². The summed E-state index contributed by atoms with van der Waals surface area (Å²) in [6.07, 6.45) is 4.83. The molecule has 0 aliphatic carbocycles. The maximum Gasteiger partial charge on any atom is 0.363 e. The van der Waals surface area contributed by atoms with E-state index in [1.54, 1.807) is 35.3 Å². The van der Waals surface area contributed by atoms with Gasteiger partial charge < -0.3 is 19.9 Å². The number of piperazine rings is 1. The second-order valence-electron chi connectivity index (χ2n) is 5.83. The summed E-state index contributed by atoms with van der Waals surface area (Å²) >= 11 is 5.84. The fraction of sp³-hybridized carbons (Fsp3) is 0.222. The summed E-state index contributed by atoms with van der Waals surface area (Å²) in [5, 5.41) is 11.3. The summed E-state index contributed by atoms with van der Waals surface area (Å²) in [4.78, 5) is 30.1. The third-order valence-electron chi connectivity index (χ3n) is 4.16. The molecule has 0 N–H and O–H groups in total. The number of rotatable bonds is 4. The van der Waals surface area contributed by atoms with Gasteiger partial charge >= 0.3 is 5.82 Å². The van der Waals surface area contributed by atoms with Crippen molar-refractivity contribution in [2.24, 2.45) is 0 Å². The number of hydrogen-bond donors (Lipinski definition) is 0. The lowest BCUT2D eigenvalue weighted by molar-refractivity contribution is -0.389. The lowest BCUT2D eigenvalue weighted by Crippen LogP contribution is -2.48. The molecular formula is C18H17ClN4O3. The molecule has 1 saturated heterocycles. The van der Waals surface area contributed by atoms with Gasteiger partial charge in [0.1, 0.15) is 0 Å². The molecule has 2 heterocycles. The molecule has 1 amide bonds. The van der Waals surface area contributed by atoms with Crippen molar-refractivity contribution < 1.29 is 9.72 Å². The fourth-order valence-electron chi connectivity index (χ4n) is 2.71. The van der Waals surface area contributed by atoms with Crippen molar-refractivity contribution in [3.8, 4) is 0 Å². The molecule has 0 unspecified atom stereocenters. The molecule has 1 aliphatic heterocycles. The van der Waals surface area contributed by atoms with E-state index in [1.165, 1.54) is 12.3 Å². The molecule has 0 bridgehead atoms. The maximum absolute atomic E-state index is 12.3. The van der Waals surface area contributed by atoms with Gasteiger partial charge in [0.2, 0.25) is 5.91 Å². The zero-order chi connectivity index (χ0) is 18.5. The minimum Gasteiger partial charge on any atom is -0.365 e. The van der Waals surface area contributed by atoms with E-state index in [0.29, 0.717) is 31.2 Å². The molecular weight excluding hydrogens is 356 g/mol. The Balaban J connectivity index is 1.55. The second-order valence-corrected chi connectivity index (χ2v) is 6.27. The molecule has 1 aromatic heterocycles. The zero-order valence-electron chi connectivity index (χ0n) is 13.9. The van der Waals surface area contributed by atoms with Gasteiger partial charge in [0.05, 0.1) is 5.69 Å². The average molecular weight is 373 g/mol. The van der Waals surface area contributed by atoms with Gasteiger partial charge in [0.25, 0.3) is 0 Å². The van der Waals surface area contributed by atoms with Crippen LogP contribution in [0.2, 0.25) is 5.02 Å². The smallest absolute Gasteiger partial charge is 0.363 e. The number of pyridine rings is 1. The first kappa shape index (κ1) is 17.9. The van der Waals surface area contributed by atoms with Crippen molar-refractivity contribution in [1.82, 2.24) is 9.88 Å². The van der Waals surface area contributed by atoms with Crippen molar-refractivity contribution in [2.45, 2.75) is 0 Å². The van der Waals surface area contributed by atoms with Crippen LogP contribution in [0.15, 0.2) is 48.7 Å². The van der Waals surface area contributed by atoms with Crippen molar-refractivity contribution >= 4 is 35.1 Å². The quantitative estimate of drug-likeness (QED) is 0.468. The standard InChI is InChI=1S/C18H17ClN4O3/c19-15-4-1-14(2-5-15)3-8-18(24)22-11-9-21(10-12-22)16-6-7-17(20-13-16)23(25)26/h1-8,13H,9-12H2/b8-3+. The molecule has 0 spiro atoms. The molecule has 134 valence electrons. The highest BCUT2D eigenvalue weighted by molar-refractivity contribution is 6.30. The van der Waals surface area contributed by atoms with Crippen LogP contribution in [0.3, 0.4) is 0 Å². The first-order chi connectivity index (χ1) is 12.5. The summed E-state index contributed by atoms with van der Waals surface area (Å²) in [6, 6.07) is 10.3. The minimum atomic E-state index is -0.520. The van der Waals surface area contributed by atoms with E-state index in [1.807, 2.05) is 12.1 Å². The third kappa shape index (κ3) is 4.37. The Labute approximate surface area is 155 Å². The Morgan fingerprint density at radius 1 is 1.12 bits per heavy atom. The van der Waals surface area contributed by atoms with E-state index in [2.05, 4.69) is 9.88 Å². The Morgan fingerprint density at radius 2 is 1.81 bits per heavy atom. The van der Waals surface area contributed by atoms with Gasteiger partial charge in [0, 0.05) is 43.3 Å². The van der Waals surface area contributed by atoms with Gasteiger partial charge in [-0.05, 0) is 39.7 Å². The molecule has 0 radical (unpaired) electrons. The lowest BCUT2D eigenvalue weighted by Gasteiger charge is -2.35. The summed E-state index contributed by atoms with van der Waals surface area (Å²) in [5.74, 6) is -0.212. The highest BCUT2D eigenvalue weighted by Gasteiger charge is 2.21. The fourth-order valence-corrected chi connectivity index (χ4v) is 2.83. The summed E-state index contributed by atoms with van der Waals surface area (Å²) < 4.78 is 0. The Kier molecular flexibility index (Phi) is 5.48. The largest absolute Gasteiger partial charge is 0.365 e. The molecule has 8 heteroatoms. The first-order valence-corrected chi connectivity index (χ1v) is 8.49. The molecule has 1 aliphatic rings. The molecule has 2 aromatic rings. The van der Waals surface area contributed by atoms with Crippen LogP contribution >= 0.6 is 11.6 Å². The number of anilines is 1. The van der Waals surface area contributed by atoms with E-state index < -0.39 is 4.92 Å². The zero-order valence-corrected chi connectivity index (χ0v) is 14.7. The van der Waals surface area contributed by atoms with E-state index in [0.717, 1.165) is 11.3 Å². The van der Waals surface area contributed by atoms with Crippen LogP contribution in [0.1, 0.15) is 5.56 Å². The van der Waals surface area contributed by atoms with Crippen LogP contribution in [-0.4, -0.2) is 46.9 Å². The van der Waals surface area contributed by atoms with Crippen LogP contribution in [0.4, 0.5) is 11.5 Å². The van der Waals surface area contributed by atoms with Gasteiger partial charge in [-0.2, -0.15) is 0 Å². The molecule has 0 saturated carbocycles. The normalized spacial score (nSPS) is 14.7. The minimum absolute atomic E-state index is 0.0403. The topological polar surface area (TPSA) is 79.6 Å². The predicted molar refractivity (Wildman–Crippen MR) is 100 cm³/mol. The van der Waals surface area contributed by atoms with Crippen LogP contribution < -0.4 is 4.90 Å². The van der Waals surface area contributed by atoms with Crippen molar-refractivity contribution in [3.05, 3.63) is 69.4 Å². The summed E-state index contributed by atoms with van der Waals surface area (Å²) in [6.45, 7) is 2.47. The van der Waals surface area contributed by atoms with Crippen LogP contribution in [0.5, 0.6) is 0 Å². The first-order valence-electron chi connectivity index (χ1n) is 8.11. The van der Waals surface area contributed by atoms with E-state index in [4.69, 9.17) is 11.6 Å². The van der Waals surface area contributed by atoms with E-state index in [9.17, 15) is 14.9 Å². The van der Waals surface area contributed by atoms with Gasteiger partial charge in [-0.1, -0.05) is 23.7 Å². The molecule has 7 nitrogen and oxygen atoms in total. The number of halogens is 1. The van der Waals surface area contributed by atoms with Crippen LogP contribution in [0.25, 0.3) is 6.08 Å². The predicted octanol–water partition coefficient (Wildman–Crippen LogP) is 3.01. The molecule has 26 heavy (non-hydrogen) atoms. The highest BCUT2D eigenvalue weighted by Crippen LogP contribution is 2.18. The average Bonchev–Trinajstić information content (AvgIpc) is 2.67. The Bertz CT molecular complexity index is 813. The van der Waals surface area contributed by atoms with Gasteiger partial charge in [-0.3, -0.25) is 4.79 Å². The van der Waals surface area contributed by atoms with Gasteiger partial charge in [-0.25, -0.2) is 0 Å². The molecule has 3 rings (SSSR count). The second kappa shape index (κ2) is 7.97. The highest BCUT2D eigenvalue weighted by atomic mass is 35.5. The van der Waals surface area contributed by atoms with Gasteiger partial charge in [-0.15, -0.1) is 0 Å². The number of carbonyl (C=O) groups is 1. The lowest BCUT2D eigenvalue weighted by atomic mass is 10.2. The van der Waals surface area contributed by atoms with Crippen molar-refractivity contribution in [1.29, 1.82) is 0 Å². The van der Waals surface area contributed by atoms with E-state index in [-0.39, 0.29) is 11.7 Å². The number of benzene rings is 1. The number of amides is 1. The maximum atomic E-state index is 12.3. The molecule has 0 atom stereocenters. The number of aromatic nitrogens is 1. The van der Waals surface area contributed by atoms with E-state index >= 15 is 0 Å².